The first-order valence-corrected chi connectivity index (χ1v) is 9.82. The molecule has 0 spiro atoms. The van der Waals surface area contributed by atoms with Gasteiger partial charge in [-0.05, 0) is 30.7 Å². The van der Waals surface area contributed by atoms with Crippen LogP contribution in [0.1, 0.15) is 28.4 Å². The predicted molar refractivity (Wildman–Crippen MR) is 108 cm³/mol. The molecule has 0 aliphatic carbocycles. The van der Waals surface area contributed by atoms with Crippen molar-refractivity contribution >= 4 is 5.78 Å². The highest BCUT2D eigenvalue weighted by atomic mass is 16.6. The molecule has 2 aromatic carbocycles. The average molecular weight is 426 g/mol. The van der Waals surface area contributed by atoms with Crippen LogP contribution in [-0.4, -0.2) is 48.7 Å². The van der Waals surface area contributed by atoms with E-state index in [0.717, 1.165) is 5.57 Å². The summed E-state index contributed by atoms with van der Waals surface area (Å²) < 4.78 is 28.1. The van der Waals surface area contributed by atoms with Gasteiger partial charge >= 0.3 is 0 Å². The number of rotatable bonds is 3. The van der Waals surface area contributed by atoms with Gasteiger partial charge in [0.05, 0.1) is 19.8 Å². The summed E-state index contributed by atoms with van der Waals surface area (Å²) in [6, 6.07) is 6.18. The van der Waals surface area contributed by atoms with Gasteiger partial charge in [0.1, 0.15) is 23.4 Å². The van der Waals surface area contributed by atoms with Gasteiger partial charge in [-0.2, -0.15) is 0 Å². The second kappa shape index (κ2) is 6.63. The first-order chi connectivity index (χ1) is 14.8. The van der Waals surface area contributed by atoms with Gasteiger partial charge in [-0.3, -0.25) is 4.79 Å². The van der Waals surface area contributed by atoms with Crippen molar-refractivity contribution in [2.24, 2.45) is 0 Å². The molecule has 2 N–H and O–H groups in total. The van der Waals surface area contributed by atoms with E-state index >= 15 is 0 Å². The van der Waals surface area contributed by atoms with Crippen LogP contribution < -0.4 is 23.7 Å². The van der Waals surface area contributed by atoms with E-state index in [1.54, 1.807) is 12.1 Å². The Morgan fingerprint density at radius 3 is 2.52 bits per heavy atom. The number of hydrogen-bond donors (Lipinski definition) is 2. The Labute approximate surface area is 178 Å². The molecule has 162 valence electrons. The Hall–Kier alpha value is -3.23. The summed E-state index contributed by atoms with van der Waals surface area (Å²) in [5.74, 6) is 1.02. The number of ether oxygens (including phenoxy) is 5. The number of aliphatic hydroxyl groups excluding tert-OH is 1. The van der Waals surface area contributed by atoms with Gasteiger partial charge in [-0.1, -0.05) is 6.58 Å². The minimum Gasteiger partial charge on any atom is -0.493 e. The summed E-state index contributed by atoms with van der Waals surface area (Å²) in [4.78, 5) is 13.6. The lowest BCUT2D eigenvalue weighted by atomic mass is 9.76. The Morgan fingerprint density at radius 2 is 1.84 bits per heavy atom. The van der Waals surface area contributed by atoms with E-state index < -0.39 is 23.8 Å². The van der Waals surface area contributed by atoms with Crippen LogP contribution >= 0.6 is 0 Å². The van der Waals surface area contributed by atoms with E-state index in [1.165, 1.54) is 26.4 Å². The molecule has 0 saturated carbocycles. The van der Waals surface area contributed by atoms with Crippen LogP contribution in [0.3, 0.4) is 0 Å². The van der Waals surface area contributed by atoms with Crippen molar-refractivity contribution in [3.8, 4) is 28.7 Å². The maximum absolute atomic E-state index is 13.6. The largest absolute Gasteiger partial charge is 0.493 e. The van der Waals surface area contributed by atoms with Gasteiger partial charge in [0, 0.05) is 23.6 Å². The van der Waals surface area contributed by atoms with E-state index in [2.05, 4.69) is 6.58 Å². The number of carbonyl (C=O) groups is 1. The first kappa shape index (κ1) is 19.7. The average Bonchev–Trinajstić information content (AvgIpc) is 3.20. The SMILES string of the molecule is C=C(C)[C@@H]1Cc2c(ccc3c2O[C@@H]2[C@H](O)Oc4cc(OC)c(OC)cc4[C@]2(O)C3=O)O1. The van der Waals surface area contributed by atoms with Crippen molar-refractivity contribution in [1.82, 2.24) is 0 Å². The summed E-state index contributed by atoms with van der Waals surface area (Å²) in [6.45, 7) is 5.80. The van der Waals surface area contributed by atoms with Crippen molar-refractivity contribution < 1.29 is 38.7 Å². The highest BCUT2D eigenvalue weighted by Crippen LogP contribution is 2.52. The standard InChI is InChI=1S/C23H22O8/c1-10(2)15-7-12-14(29-15)6-5-11-19(12)31-21-22(25)30-16-9-18(28-4)17(27-3)8-13(16)23(21,26)20(11)24/h5-6,8-9,15,21-22,25-26H,1,7H2,2-4H3/t15-,21+,22+,23-/m0/s1. The molecule has 0 saturated heterocycles. The van der Waals surface area contributed by atoms with Crippen molar-refractivity contribution in [3.05, 3.63) is 53.1 Å². The molecule has 3 aliphatic heterocycles. The Morgan fingerprint density at radius 1 is 1.13 bits per heavy atom. The van der Waals surface area contributed by atoms with Gasteiger partial charge in [-0.25, -0.2) is 0 Å². The minimum absolute atomic E-state index is 0.108. The zero-order chi connectivity index (χ0) is 22.1. The number of ketones is 1. The predicted octanol–water partition coefficient (Wildman–Crippen LogP) is 2.13. The summed E-state index contributed by atoms with van der Waals surface area (Å²) in [5, 5.41) is 22.3. The quantitative estimate of drug-likeness (QED) is 0.720. The van der Waals surface area contributed by atoms with Crippen molar-refractivity contribution in [2.45, 2.75) is 37.4 Å². The van der Waals surface area contributed by atoms with Crippen molar-refractivity contribution in [1.29, 1.82) is 0 Å². The number of hydrogen-bond acceptors (Lipinski definition) is 8. The van der Waals surface area contributed by atoms with Crippen LogP contribution in [0.5, 0.6) is 28.7 Å². The zero-order valence-electron chi connectivity index (χ0n) is 17.3. The first-order valence-electron chi connectivity index (χ1n) is 9.82. The molecule has 0 amide bonds. The number of methoxy groups -OCH3 is 2. The summed E-state index contributed by atoms with van der Waals surface area (Å²) in [7, 11) is 2.90. The van der Waals surface area contributed by atoms with Gasteiger partial charge in [0.15, 0.2) is 17.1 Å². The van der Waals surface area contributed by atoms with E-state index in [0.29, 0.717) is 29.2 Å². The number of aliphatic hydroxyl groups is 2. The third-order valence-electron chi connectivity index (χ3n) is 6.08. The molecule has 3 aliphatic rings. The van der Waals surface area contributed by atoms with Crippen LogP contribution in [0.2, 0.25) is 0 Å². The van der Waals surface area contributed by atoms with Crippen LogP contribution in [0, 0.1) is 0 Å². The lowest BCUT2D eigenvalue weighted by Gasteiger charge is -2.45. The molecule has 4 atom stereocenters. The van der Waals surface area contributed by atoms with E-state index in [-0.39, 0.29) is 28.7 Å². The zero-order valence-corrected chi connectivity index (χ0v) is 17.3. The molecule has 8 nitrogen and oxygen atoms in total. The molecule has 0 unspecified atom stereocenters. The number of benzene rings is 2. The normalized spacial score (nSPS) is 27.5. The lowest BCUT2D eigenvalue weighted by molar-refractivity contribution is -0.179. The third kappa shape index (κ3) is 2.58. The Kier molecular flexibility index (Phi) is 4.22. The Balaban J connectivity index is 1.67. The molecular weight excluding hydrogens is 404 g/mol. The molecule has 5 rings (SSSR count). The van der Waals surface area contributed by atoms with E-state index in [1.807, 2.05) is 6.92 Å². The molecular formula is C23H22O8. The molecule has 0 aromatic heterocycles. The fraction of sp³-hybridized carbons (Fsp3) is 0.348. The molecule has 3 heterocycles. The molecule has 8 heteroatoms. The molecule has 31 heavy (non-hydrogen) atoms. The number of carbonyl (C=O) groups excluding carboxylic acids is 1. The summed E-state index contributed by atoms with van der Waals surface area (Å²) in [5.41, 5.74) is -0.294. The van der Waals surface area contributed by atoms with Gasteiger partial charge in [-0.15, -0.1) is 0 Å². The minimum atomic E-state index is -2.18. The number of fused-ring (bicyclic) bond motifs is 6. The monoisotopic (exact) mass is 426 g/mol. The summed E-state index contributed by atoms with van der Waals surface area (Å²) in [6.07, 6.45) is -2.73. The van der Waals surface area contributed by atoms with Crippen molar-refractivity contribution in [3.63, 3.8) is 0 Å². The molecule has 0 bridgehead atoms. The fourth-order valence-electron chi connectivity index (χ4n) is 4.42. The topological polar surface area (TPSA) is 104 Å². The molecule has 0 fully saturated rings. The van der Waals surface area contributed by atoms with Gasteiger partial charge in [0.2, 0.25) is 18.2 Å². The van der Waals surface area contributed by atoms with E-state index in [4.69, 9.17) is 23.7 Å². The van der Waals surface area contributed by atoms with E-state index in [9.17, 15) is 15.0 Å². The third-order valence-corrected chi connectivity index (χ3v) is 6.08. The highest BCUT2D eigenvalue weighted by Gasteiger charge is 2.60. The fourth-order valence-corrected chi connectivity index (χ4v) is 4.42. The Bertz CT molecular complexity index is 1120. The second-order valence-electron chi connectivity index (χ2n) is 7.92. The second-order valence-corrected chi connectivity index (χ2v) is 7.92. The van der Waals surface area contributed by atoms with Crippen LogP contribution in [0.15, 0.2) is 36.4 Å². The van der Waals surface area contributed by atoms with Gasteiger partial charge in [0.25, 0.3) is 0 Å². The van der Waals surface area contributed by atoms with Gasteiger partial charge < -0.3 is 33.9 Å². The summed E-state index contributed by atoms with van der Waals surface area (Å²) >= 11 is 0. The lowest BCUT2D eigenvalue weighted by Crippen LogP contribution is -2.61. The smallest absolute Gasteiger partial charge is 0.238 e. The van der Waals surface area contributed by atoms with Crippen LogP contribution in [-0.2, 0) is 12.0 Å². The van der Waals surface area contributed by atoms with Crippen LogP contribution in [0.25, 0.3) is 0 Å². The van der Waals surface area contributed by atoms with Crippen molar-refractivity contribution in [2.75, 3.05) is 14.2 Å². The van der Waals surface area contributed by atoms with Crippen LogP contribution in [0.4, 0.5) is 0 Å². The maximum atomic E-state index is 13.6. The maximum Gasteiger partial charge on any atom is 0.238 e. The molecule has 2 aromatic rings. The number of Topliss-reactive ketones (excluding diaryl/α,β-unsaturated/α-hetero) is 1. The highest BCUT2D eigenvalue weighted by molar-refractivity contribution is 6.07. The molecule has 0 radical (unpaired) electrons.